The number of fused-ring (bicyclic) bond motifs is 1. The Morgan fingerprint density at radius 2 is 1.89 bits per heavy atom. The number of methoxy groups -OCH3 is 1. The van der Waals surface area contributed by atoms with Crippen LogP contribution >= 0.6 is 11.6 Å². The average Bonchev–Trinajstić information content (AvgIpc) is 3.31. The van der Waals surface area contributed by atoms with E-state index >= 15 is 0 Å². The quantitative estimate of drug-likeness (QED) is 0.258. The summed E-state index contributed by atoms with van der Waals surface area (Å²) >= 11 is 6.17. The molecule has 1 aliphatic heterocycles. The third-order valence-corrected chi connectivity index (χ3v) is 6.20. The largest absolute Gasteiger partial charge is 0.495 e. The van der Waals surface area contributed by atoms with Gasteiger partial charge in [-0.25, -0.2) is 4.68 Å². The number of amides is 1. The summed E-state index contributed by atoms with van der Waals surface area (Å²) in [5, 5.41) is 23.1. The van der Waals surface area contributed by atoms with Crippen LogP contribution in [0.15, 0.2) is 84.1 Å². The van der Waals surface area contributed by atoms with Crippen LogP contribution in [-0.4, -0.2) is 32.7 Å². The van der Waals surface area contributed by atoms with Crippen LogP contribution in [0.25, 0.3) is 11.4 Å². The first-order valence-electron chi connectivity index (χ1n) is 11.3. The summed E-state index contributed by atoms with van der Waals surface area (Å²) in [4.78, 5) is 29.8. The number of ether oxygens (including phenoxy) is 1. The van der Waals surface area contributed by atoms with Crippen LogP contribution in [0.5, 0.6) is 5.75 Å². The minimum atomic E-state index is -0.937. The molecule has 0 spiro atoms. The highest BCUT2D eigenvalue weighted by molar-refractivity contribution is 6.30. The molecule has 2 N–H and O–H groups in total. The zero-order valence-corrected chi connectivity index (χ0v) is 20.6. The Balaban J connectivity index is 1.66. The molecule has 1 atom stereocenters. The van der Waals surface area contributed by atoms with Crippen molar-refractivity contribution in [1.82, 2.24) is 14.8 Å². The fraction of sp³-hybridized carbons (Fsp3) is 0.115. The average molecular weight is 517 g/mol. The monoisotopic (exact) mass is 516 g/mol. The van der Waals surface area contributed by atoms with Crippen LogP contribution in [0.2, 0.25) is 5.02 Å². The Morgan fingerprint density at radius 1 is 1.14 bits per heavy atom. The van der Waals surface area contributed by atoms with Gasteiger partial charge >= 0.3 is 0 Å². The molecule has 37 heavy (non-hydrogen) atoms. The third-order valence-electron chi connectivity index (χ3n) is 5.96. The van der Waals surface area contributed by atoms with Crippen molar-refractivity contribution in [2.75, 3.05) is 17.7 Å². The van der Waals surface area contributed by atoms with Crippen molar-refractivity contribution in [2.24, 2.45) is 0 Å². The first-order chi connectivity index (χ1) is 17.9. The van der Waals surface area contributed by atoms with Crippen molar-refractivity contribution in [1.29, 1.82) is 0 Å². The lowest BCUT2D eigenvalue weighted by Crippen LogP contribution is -2.32. The predicted octanol–water partition coefficient (Wildman–Crippen LogP) is 5.44. The summed E-state index contributed by atoms with van der Waals surface area (Å²) < 4.78 is 6.86. The number of rotatable bonds is 6. The summed E-state index contributed by atoms with van der Waals surface area (Å²) in [6.07, 6.45) is 0. The molecular formula is C26H21ClN6O4. The van der Waals surface area contributed by atoms with E-state index in [1.54, 1.807) is 67.6 Å². The topological polar surface area (TPSA) is 124 Å². The minimum absolute atomic E-state index is 0.143. The lowest BCUT2D eigenvalue weighted by atomic mass is 9.93. The van der Waals surface area contributed by atoms with Gasteiger partial charge < -0.3 is 15.4 Å². The summed E-state index contributed by atoms with van der Waals surface area (Å²) in [6.45, 7) is 1.72. The zero-order valence-electron chi connectivity index (χ0n) is 19.8. The molecule has 3 aromatic carbocycles. The second-order valence-corrected chi connectivity index (χ2v) is 8.69. The van der Waals surface area contributed by atoms with Crippen LogP contribution in [0.1, 0.15) is 18.5 Å². The van der Waals surface area contributed by atoms with Crippen molar-refractivity contribution in [3.63, 3.8) is 0 Å². The molecule has 0 bridgehead atoms. The van der Waals surface area contributed by atoms with Crippen LogP contribution in [0.3, 0.4) is 0 Å². The summed E-state index contributed by atoms with van der Waals surface area (Å²) in [5.41, 5.74) is 2.00. The number of nitrogens with one attached hydrogen (secondary N) is 2. The molecule has 4 aromatic rings. The van der Waals surface area contributed by atoms with Gasteiger partial charge in [-0.05, 0) is 37.3 Å². The van der Waals surface area contributed by atoms with Gasteiger partial charge in [0.25, 0.3) is 11.6 Å². The van der Waals surface area contributed by atoms with Crippen LogP contribution in [0.4, 0.5) is 17.3 Å². The molecule has 10 nitrogen and oxygen atoms in total. The van der Waals surface area contributed by atoms with E-state index in [4.69, 9.17) is 16.3 Å². The molecule has 1 aliphatic rings. The number of anilines is 2. The molecule has 0 aliphatic carbocycles. The van der Waals surface area contributed by atoms with Crippen molar-refractivity contribution in [2.45, 2.75) is 13.0 Å². The Hall–Kier alpha value is -4.70. The summed E-state index contributed by atoms with van der Waals surface area (Å²) in [5.74, 6) is 0.699. The number of carbonyl (C=O) groups is 1. The molecule has 186 valence electrons. The Labute approximate surface area is 216 Å². The van der Waals surface area contributed by atoms with E-state index in [0.29, 0.717) is 45.1 Å². The normalized spacial score (nSPS) is 14.5. The Morgan fingerprint density at radius 3 is 2.65 bits per heavy atom. The van der Waals surface area contributed by atoms with E-state index in [9.17, 15) is 14.9 Å². The maximum atomic E-state index is 13.7. The standard InChI is InChI=1S/C26H21ClN6O4/c1-15-22(25(34)29-19-11-4-6-13-21(19)37-2)23(18-10-3-5-12-20(18)33(35)36)32-26(28-15)30-24(31-32)16-8-7-9-17(27)14-16/h3-14,23H,1-2H3,(H,29,34)(H,28,30,31). The molecule has 1 aromatic heterocycles. The van der Waals surface area contributed by atoms with Gasteiger partial charge in [-0.3, -0.25) is 14.9 Å². The van der Waals surface area contributed by atoms with Crippen LogP contribution in [-0.2, 0) is 4.79 Å². The van der Waals surface area contributed by atoms with Gasteiger partial charge in [0.15, 0.2) is 5.82 Å². The summed E-state index contributed by atoms with van der Waals surface area (Å²) in [6, 6.07) is 19.4. The maximum absolute atomic E-state index is 13.7. The Bertz CT molecular complexity index is 1560. The van der Waals surface area contributed by atoms with Gasteiger partial charge in [0.2, 0.25) is 5.95 Å². The molecular weight excluding hydrogens is 496 g/mol. The second kappa shape index (κ2) is 9.75. The van der Waals surface area contributed by atoms with Crippen LogP contribution in [0, 0.1) is 10.1 Å². The number of para-hydroxylation sites is 3. The number of aromatic nitrogens is 3. The zero-order chi connectivity index (χ0) is 26.1. The number of halogens is 1. The van der Waals surface area contributed by atoms with Crippen molar-refractivity contribution in [3.8, 4) is 17.1 Å². The number of allylic oxidation sites excluding steroid dienone is 1. The number of nitro benzene ring substituents is 1. The lowest BCUT2D eigenvalue weighted by molar-refractivity contribution is -0.385. The van der Waals surface area contributed by atoms with E-state index in [-0.39, 0.29) is 11.3 Å². The molecule has 0 saturated carbocycles. The number of nitro groups is 1. The highest BCUT2D eigenvalue weighted by Crippen LogP contribution is 2.40. The third kappa shape index (κ3) is 4.50. The van der Waals surface area contributed by atoms with E-state index in [0.717, 1.165) is 0 Å². The fourth-order valence-corrected chi connectivity index (χ4v) is 4.50. The van der Waals surface area contributed by atoms with E-state index < -0.39 is 16.9 Å². The molecule has 0 fully saturated rings. The van der Waals surface area contributed by atoms with Crippen molar-refractivity contribution >= 4 is 34.8 Å². The molecule has 5 rings (SSSR count). The van der Waals surface area contributed by atoms with Crippen molar-refractivity contribution in [3.05, 3.63) is 105 Å². The Kier molecular flexibility index (Phi) is 6.33. The minimum Gasteiger partial charge on any atom is -0.495 e. The number of hydrogen-bond acceptors (Lipinski definition) is 7. The van der Waals surface area contributed by atoms with Gasteiger partial charge in [0, 0.05) is 22.3 Å². The highest BCUT2D eigenvalue weighted by atomic mass is 35.5. The van der Waals surface area contributed by atoms with Gasteiger partial charge in [0.05, 0.1) is 28.9 Å². The first-order valence-corrected chi connectivity index (χ1v) is 11.6. The highest BCUT2D eigenvalue weighted by Gasteiger charge is 2.38. The van der Waals surface area contributed by atoms with E-state index in [1.165, 1.54) is 17.9 Å². The summed E-state index contributed by atoms with van der Waals surface area (Å²) in [7, 11) is 1.51. The second-order valence-electron chi connectivity index (χ2n) is 8.25. The van der Waals surface area contributed by atoms with Gasteiger partial charge in [-0.2, -0.15) is 4.98 Å². The smallest absolute Gasteiger partial charge is 0.275 e. The maximum Gasteiger partial charge on any atom is 0.275 e. The van der Waals surface area contributed by atoms with Gasteiger partial charge in [0.1, 0.15) is 11.8 Å². The number of carbonyl (C=O) groups excluding carboxylic acids is 1. The fourth-order valence-electron chi connectivity index (χ4n) is 4.31. The lowest BCUT2D eigenvalue weighted by Gasteiger charge is -2.28. The first kappa shape index (κ1) is 24.0. The number of benzene rings is 3. The molecule has 1 unspecified atom stereocenters. The van der Waals surface area contributed by atoms with E-state index in [1.807, 2.05) is 6.07 Å². The van der Waals surface area contributed by atoms with E-state index in [2.05, 4.69) is 20.7 Å². The molecule has 11 heteroatoms. The number of nitrogens with zero attached hydrogens (tertiary/aromatic N) is 4. The predicted molar refractivity (Wildman–Crippen MR) is 140 cm³/mol. The molecule has 2 heterocycles. The molecule has 0 saturated heterocycles. The van der Waals surface area contributed by atoms with Gasteiger partial charge in [-0.15, -0.1) is 5.10 Å². The van der Waals surface area contributed by atoms with Crippen LogP contribution < -0.4 is 15.4 Å². The van der Waals surface area contributed by atoms with Gasteiger partial charge in [-0.1, -0.05) is 48.0 Å². The number of hydrogen-bond donors (Lipinski definition) is 2. The molecule has 1 amide bonds. The SMILES string of the molecule is COc1ccccc1NC(=O)C1=C(C)Nc2nc(-c3cccc(Cl)c3)nn2C1c1ccccc1[N+](=O)[O-]. The van der Waals surface area contributed by atoms with Crippen molar-refractivity contribution < 1.29 is 14.5 Å². The molecule has 0 radical (unpaired) electrons.